The Kier molecular flexibility index (Phi) is 4.88. The first-order valence-electron chi connectivity index (χ1n) is 9.74. The molecule has 1 atom stereocenters. The molecule has 0 bridgehead atoms. The summed E-state index contributed by atoms with van der Waals surface area (Å²) in [6.07, 6.45) is 3.63. The van der Waals surface area contributed by atoms with E-state index in [1.54, 1.807) is 42.8 Å². The minimum Gasteiger partial charge on any atom is -0.467 e. The predicted molar refractivity (Wildman–Crippen MR) is 117 cm³/mol. The first kappa shape index (κ1) is 19.3. The van der Waals surface area contributed by atoms with Crippen molar-refractivity contribution in [3.8, 4) is 0 Å². The summed E-state index contributed by atoms with van der Waals surface area (Å²) in [7, 11) is 0. The highest BCUT2D eigenvalue weighted by atomic mass is 35.5. The summed E-state index contributed by atoms with van der Waals surface area (Å²) in [5, 5.41) is 12.0. The monoisotopic (exact) mass is 432 g/mol. The van der Waals surface area contributed by atoms with Gasteiger partial charge in [-0.25, -0.2) is 9.69 Å². The zero-order valence-electron chi connectivity index (χ0n) is 16.3. The van der Waals surface area contributed by atoms with Crippen LogP contribution in [-0.4, -0.2) is 26.4 Å². The third-order valence-corrected chi connectivity index (χ3v) is 5.51. The van der Waals surface area contributed by atoms with Crippen molar-refractivity contribution in [2.24, 2.45) is 5.10 Å². The van der Waals surface area contributed by atoms with Gasteiger partial charge in [0.15, 0.2) is 0 Å². The summed E-state index contributed by atoms with van der Waals surface area (Å²) in [5.41, 5.74) is 1.30. The number of aromatic nitrogens is 2. The molecule has 31 heavy (non-hydrogen) atoms. The molecule has 0 aliphatic carbocycles. The normalized spacial score (nSPS) is 16.0. The average Bonchev–Trinajstić information content (AvgIpc) is 3.46. The number of furan rings is 1. The third-order valence-electron chi connectivity index (χ3n) is 5.26. The maximum Gasteiger partial charge on any atom is 0.275 e. The molecule has 154 valence electrons. The van der Waals surface area contributed by atoms with Gasteiger partial charge in [-0.1, -0.05) is 41.9 Å². The Balaban J connectivity index is 1.48. The number of hydrazone groups is 1. The van der Waals surface area contributed by atoms with Crippen LogP contribution in [0.2, 0.25) is 5.02 Å². The van der Waals surface area contributed by atoms with Crippen LogP contribution in [0.3, 0.4) is 0 Å². The Labute approximate surface area is 182 Å². The number of carbonyl (C=O) groups is 1. The van der Waals surface area contributed by atoms with Crippen molar-refractivity contribution < 1.29 is 9.21 Å². The van der Waals surface area contributed by atoms with Crippen LogP contribution in [0.4, 0.5) is 0 Å². The summed E-state index contributed by atoms with van der Waals surface area (Å²) in [6, 6.07) is 17.6. The van der Waals surface area contributed by atoms with E-state index in [1.807, 2.05) is 30.3 Å². The number of rotatable bonds is 4. The number of benzene rings is 2. The summed E-state index contributed by atoms with van der Waals surface area (Å²) in [6.45, 7) is -0.224. The number of amides is 1. The lowest BCUT2D eigenvalue weighted by Crippen LogP contribution is -2.34. The largest absolute Gasteiger partial charge is 0.467 e. The Bertz CT molecular complexity index is 1340. The lowest BCUT2D eigenvalue weighted by atomic mass is 10.0. The molecule has 0 saturated carbocycles. The Hall–Kier alpha value is -3.71. The molecule has 1 amide bonds. The van der Waals surface area contributed by atoms with Crippen molar-refractivity contribution in [2.75, 3.05) is 0 Å². The van der Waals surface area contributed by atoms with Crippen LogP contribution in [0, 0.1) is 0 Å². The number of carbonyl (C=O) groups excluding carboxylic acids is 1. The van der Waals surface area contributed by atoms with Gasteiger partial charge in [-0.15, -0.1) is 0 Å². The Morgan fingerprint density at radius 3 is 2.68 bits per heavy atom. The van der Waals surface area contributed by atoms with E-state index in [0.29, 0.717) is 22.6 Å². The molecule has 2 aromatic heterocycles. The topological polar surface area (TPSA) is 80.7 Å². The van der Waals surface area contributed by atoms with Crippen LogP contribution < -0.4 is 5.56 Å². The van der Waals surface area contributed by atoms with Gasteiger partial charge in [0.2, 0.25) is 0 Å². The second-order valence-electron chi connectivity index (χ2n) is 7.22. The summed E-state index contributed by atoms with van der Waals surface area (Å²) < 4.78 is 6.73. The van der Waals surface area contributed by atoms with Crippen LogP contribution in [0.1, 0.15) is 23.8 Å². The van der Waals surface area contributed by atoms with Gasteiger partial charge in [0.25, 0.3) is 11.5 Å². The molecule has 1 unspecified atom stereocenters. The van der Waals surface area contributed by atoms with Gasteiger partial charge in [-0.2, -0.15) is 10.2 Å². The fourth-order valence-electron chi connectivity index (χ4n) is 3.70. The first-order valence-corrected chi connectivity index (χ1v) is 10.1. The van der Waals surface area contributed by atoms with Gasteiger partial charge in [-0.3, -0.25) is 9.59 Å². The molecule has 0 fully saturated rings. The van der Waals surface area contributed by atoms with E-state index >= 15 is 0 Å². The zero-order chi connectivity index (χ0) is 21.4. The quantitative estimate of drug-likeness (QED) is 0.487. The van der Waals surface area contributed by atoms with Crippen molar-refractivity contribution in [3.05, 3.63) is 99.8 Å². The van der Waals surface area contributed by atoms with E-state index in [9.17, 15) is 9.59 Å². The standard InChI is InChI=1S/C23H17ClN4O3/c24-17-9-7-15(8-10-17)19-12-20(21-6-3-11-31-21)28(26-19)22(29)14-27-23(30)18-5-2-1-4-16(18)13-25-27/h1-11,13,20H,12,14H2. The molecule has 2 aromatic carbocycles. The van der Waals surface area contributed by atoms with Crippen molar-refractivity contribution in [3.63, 3.8) is 0 Å². The highest BCUT2D eigenvalue weighted by Crippen LogP contribution is 2.33. The second-order valence-corrected chi connectivity index (χ2v) is 7.66. The van der Waals surface area contributed by atoms with Gasteiger partial charge < -0.3 is 4.42 Å². The third kappa shape index (κ3) is 3.64. The number of hydrogen-bond acceptors (Lipinski definition) is 5. The minimum atomic E-state index is -0.399. The lowest BCUT2D eigenvalue weighted by Gasteiger charge is -2.20. The molecule has 0 spiro atoms. The fourth-order valence-corrected chi connectivity index (χ4v) is 3.83. The van der Waals surface area contributed by atoms with Crippen LogP contribution in [0.25, 0.3) is 10.8 Å². The van der Waals surface area contributed by atoms with E-state index in [4.69, 9.17) is 16.0 Å². The highest BCUT2D eigenvalue weighted by Gasteiger charge is 2.35. The van der Waals surface area contributed by atoms with Crippen LogP contribution in [-0.2, 0) is 11.3 Å². The van der Waals surface area contributed by atoms with Crippen LogP contribution >= 0.6 is 11.6 Å². The Morgan fingerprint density at radius 2 is 1.90 bits per heavy atom. The molecular weight excluding hydrogens is 416 g/mol. The van der Waals surface area contributed by atoms with E-state index < -0.39 is 6.04 Å². The fraction of sp³-hybridized carbons (Fsp3) is 0.130. The average molecular weight is 433 g/mol. The number of fused-ring (bicyclic) bond motifs is 1. The zero-order valence-corrected chi connectivity index (χ0v) is 17.1. The lowest BCUT2D eigenvalue weighted by molar-refractivity contribution is -0.134. The maximum atomic E-state index is 13.2. The minimum absolute atomic E-state index is 0.224. The summed E-state index contributed by atoms with van der Waals surface area (Å²) >= 11 is 6.00. The van der Waals surface area contributed by atoms with Crippen molar-refractivity contribution in [1.82, 2.24) is 14.8 Å². The molecule has 8 heteroatoms. The van der Waals surface area contributed by atoms with Crippen LogP contribution in [0.5, 0.6) is 0 Å². The molecule has 3 heterocycles. The van der Waals surface area contributed by atoms with Gasteiger partial charge >= 0.3 is 0 Å². The first-order chi connectivity index (χ1) is 15.1. The molecule has 4 aromatic rings. The highest BCUT2D eigenvalue weighted by molar-refractivity contribution is 6.30. The SMILES string of the molecule is O=C(Cn1ncc2ccccc2c1=O)N1N=C(c2ccc(Cl)cc2)CC1c1ccco1. The maximum absolute atomic E-state index is 13.2. The summed E-state index contributed by atoms with van der Waals surface area (Å²) in [5.74, 6) is 0.273. The summed E-state index contributed by atoms with van der Waals surface area (Å²) in [4.78, 5) is 26.0. The molecule has 0 N–H and O–H groups in total. The van der Waals surface area contributed by atoms with Gasteiger partial charge in [0, 0.05) is 16.8 Å². The molecule has 1 aliphatic heterocycles. The van der Waals surface area contributed by atoms with Gasteiger partial charge in [-0.05, 0) is 35.9 Å². The number of nitrogens with zero attached hydrogens (tertiary/aromatic N) is 4. The smallest absolute Gasteiger partial charge is 0.275 e. The van der Waals surface area contributed by atoms with Crippen molar-refractivity contribution in [1.29, 1.82) is 0 Å². The predicted octanol–water partition coefficient (Wildman–Crippen LogP) is 4.02. The molecule has 0 radical (unpaired) electrons. The van der Waals surface area contributed by atoms with Gasteiger partial charge in [0.05, 0.1) is 23.6 Å². The molecule has 1 aliphatic rings. The van der Waals surface area contributed by atoms with Crippen molar-refractivity contribution in [2.45, 2.75) is 19.0 Å². The van der Waals surface area contributed by atoms with Crippen LogP contribution in [0.15, 0.2) is 87.4 Å². The molecule has 5 rings (SSSR count). The van der Waals surface area contributed by atoms with E-state index in [1.165, 1.54) is 9.69 Å². The van der Waals surface area contributed by atoms with Crippen molar-refractivity contribution >= 4 is 34.0 Å². The molecular formula is C23H17ClN4O3. The van der Waals surface area contributed by atoms with E-state index in [0.717, 1.165) is 16.7 Å². The number of halogens is 1. The molecule has 7 nitrogen and oxygen atoms in total. The number of hydrogen-bond donors (Lipinski definition) is 0. The molecule has 0 saturated heterocycles. The van der Waals surface area contributed by atoms with E-state index in [-0.39, 0.29) is 18.0 Å². The Morgan fingerprint density at radius 1 is 1.10 bits per heavy atom. The van der Waals surface area contributed by atoms with Gasteiger partial charge in [0.1, 0.15) is 18.3 Å². The second kappa shape index (κ2) is 7.85. The van der Waals surface area contributed by atoms with E-state index in [2.05, 4.69) is 10.2 Å².